The summed E-state index contributed by atoms with van der Waals surface area (Å²) in [4.78, 5) is 26.7. The summed E-state index contributed by atoms with van der Waals surface area (Å²) in [6.07, 6.45) is 2.86. The second kappa shape index (κ2) is 5.88. The van der Waals surface area contributed by atoms with Gasteiger partial charge in [-0.3, -0.25) is 14.2 Å². The molecule has 1 saturated heterocycles. The lowest BCUT2D eigenvalue weighted by atomic mass is 10.0. The smallest absolute Gasteiger partial charge is 0.308 e. The largest absolute Gasteiger partial charge is 0.394 e. The maximum absolute atomic E-state index is 12.3. The zero-order valence-electron chi connectivity index (χ0n) is 11.4. The average Bonchev–Trinajstić information content (AvgIpc) is 2.65. The molecular formula is C13H20N2O3S. The van der Waals surface area contributed by atoms with Gasteiger partial charge in [-0.05, 0) is 33.1 Å². The highest BCUT2D eigenvalue weighted by Gasteiger charge is 2.26. The van der Waals surface area contributed by atoms with Crippen molar-refractivity contribution in [3.05, 3.63) is 20.2 Å². The number of carbonyl (C=O) groups excluding carboxylic acids is 1. The van der Waals surface area contributed by atoms with E-state index in [9.17, 15) is 14.7 Å². The van der Waals surface area contributed by atoms with Gasteiger partial charge in [-0.15, -0.1) is 0 Å². The van der Waals surface area contributed by atoms with Crippen LogP contribution in [0.2, 0.25) is 0 Å². The second-order valence-electron chi connectivity index (χ2n) is 5.02. The van der Waals surface area contributed by atoms with Gasteiger partial charge < -0.3 is 10.0 Å². The van der Waals surface area contributed by atoms with Crippen molar-refractivity contribution in [3.63, 3.8) is 0 Å². The van der Waals surface area contributed by atoms with Crippen LogP contribution in [0.3, 0.4) is 0 Å². The number of thiazole rings is 1. The fourth-order valence-electron chi connectivity index (χ4n) is 2.51. The third kappa shape index (κ3) is 2.90. The van der Waals surface area contributed by atoms with Crippen LogP contribution in [0.15, 0.2) is 4.79 Å². The van der Waals surface area contributed by atoms with Crippen molar-refractivity contribution in [3.8, 4) is 0 Å². The Morgan fingerprint density at radius 2 is 2.16 bits per heavy atom. The third-order valence-electron chi connectivity index (χ3n) is 3.83. The maximum atomic E-state index is 12.3. The van der Waals surface area contributed by atoms with E-state index in [0.717, 1.165) is 29.8 Å². The molecule has 1 atom stereocenters. The number of piperidine rings is 1. The van der Waals surface area contributed by atoms with Gasteiger partial charge >= 0.3 is 4.87 Å². The van der Waals surface area contributed by atoms with Crippen LogP contribution >= 0.6 is 11.3 Å². The first kappa shape index (κ1) is 14.3. The molecule has 6 heteroatoms. The van der Waals surface area contributed by atoms with Crippen molar-refractivity contribution >= 4 is 17.2 Å². The van der Waals surface area contributed by atoms with Gasteiger partial charge in [0.25, 0.3) is 0 Å². The van der Waals surface area contributed by atoms with Gasteiger partial charge in [0.15, 0.2) is 0 Å². The Balaban J connectivity index is 2.14. The molecule has 2 heterocycles. The molecule has 106 valence electrons. The summed E-state index contributed by atoms with van der Waals surface area (Å²) in [6, 6.07) is -0.0861. The Kier molecular flexibility index (Phi) is 4.42. The van der Waals surface area contributed by atoms with Crippen molar-refractivity contribution < 1.29 is 9.90 Å². The number of aliphatic hydroxyl groups is 1. The van der Waals surface area contributed by atoms with Crippen LogP contribution < -0.4 is 4.87 Å². The van der Waals surface area contributed by atoms with Gasteiger partial charge in [0.1, 0.15) is 6.54 Å². The number of rotatable bonds is 3. The van der Waals surface area contributed by atoms with Crippen molar-refractivity contribution in [2.24, 2.45) is 0 Å². The third-order valence-corrected chi connectivity index (χ3v) is 4.82. The number of aliphatic hydroxyl groups excluding tert-OH is 1. The van der Waals surface area contributed by atoms with Gasteiger partial charge in [0.05, 0.1) is 12.6 Å². The number of nitrogens with zero attached hydrogens (tertiary/aromatic N) is 2. The summed E-state index contributed by atoms with van der Waals surface area (Å²) in [7, 11) is 0. The van der Waals surface area contributed by atoms with E-state index < -0.39 is 0 Å². The topological polar surface area (TPSA) is 62.5 Å². The molecule has 1 unspecified atom stereocenters. The standard InChI is InChI=1S/C13H20N2O3S/c1-9-10(2)19-13(18)15(9)7-12(17)14-6-4-3-5-11(14)8-16/h11,16H,3-8H2,1-2H3. The molecule has 1 N–H and O–H groups in total. The number of carbonyl (C=O) groups is 1. The Morgan fingerprint density at radius 3 is 2.74 bits per heavy atom. The lowest BCUT2D eigenvalue weighted by Crippen LogP contribution is -2.47. The monoisotopic (exact) mass is 284 g/mol. The van der Waals surface area contributed by atoms with Crippen LogP contribution in [0.1, 0.15) is 29.8 Å². The molecule has 0 spiro atoms. The van der Waals surface area contributed by atoms with E-state index in [-0.39, 0.29) is 30.0 Å². The molecule has 0 radical (unpaired) electrons. The molecular weight excluding hydrogens is 264 g/mol. The molecule has 0 aliphatic carbocycles. The summed E-state index contributed by atoms with van der Waals surface area (Å²) >= 11 is 1.18. The highest BCUT2D eigenvalue weighted by Crippen LogP contribution is 2.17. The summed E-state index contributed by atoms with van der Waals surface area (Å²) in [5.41, 5.74) is 0.862. The second-order valence-corrected chi connectivity index (χ2v) is 6.18. The minimum absolute atomic E-state index is 0.00227. The van der Waals surface area contributed by atoms with Crippen LogP contribution in [-0.2, 0) is 11.3 Å². The minimum Gasteiger partial charge on any atom is -0.394 e. The van der Waals surface area contributed by atoms with Crippen LogP contribution in [0.5, 0.6) is 0 Å². The molecule has 1 aliphatic rings. The Morgan fingerprint density at radius 1 is 1.42 bits per heavy atom. The van der Waals surface area contributed by atoms with Crippen LogP contribution in [0.4, 0.5) is 0 Å². The Bertz CT molecular complexity index is 520. The molecule has 19 heavy (non-hydrogen) atoms. The zero-order chi connectivity index (χ0) is 14.0. The fraction of sp³-hybridized carbons (Fsp3) is 0.692. The van der Waals surface area contributed by atoms with Crippen molar-refractivity contribution in [2.45, 2.75) is 45.7 Å². The number of amides is 1. The van der Waals surface area contributed by atoms with E-state index in [0.29, 0.717) is 6.54 Å². The fourth-order valence-corrected chi connectivity index (χ4v) is 3.35. The van der Waals surface area contributed by atoms with Crippen LogP contribution in [0.25, 0.3) is 0 Å². The average molecular weight is 284 g/mol. The van der Waals surface area contributed by atoms with Crippen LogP contribution in [0, 0.1) is 13.8 Å². The highest BCUT2D eigenvalue weighted by molar-refractivity contribution is 7.09. The first-order valence-electron chi connectivity index (χ1n) is 6.61. The van der Waals surface area contributed by atoms with E-state index >= 15 is 0 Å². The van der Waals surface area contributed by atoms with E-state index in [2.05, 4.69) is 0 Å². The predicted molar refractivity (Wildman–Crippen MR) is 74.5 cm³/mol. The van der Waals surface area contributed by atoms with Gasteiger partial charge in [-0.25, -0.2) is 0 Å². The number of aryl methyl sites for hydroxylation is 1. The number of aromatic nitrogens is 1. The summed E-state index contributed by atoms with van der Waals surface area (Å²) in [5, 5.41) is 9.33. The first-order valence-corrected chi connectivity index (χ1v) is 7.43. The Labute approximate surface area is 116 Å². The number of likely N-dealkylation sites (tertiary alicyclic amines) is 1. The molecule has 1 aromatic rings. The summed E-state index contributed by atoms with van der Waals surface area (Å²) < 4.78 is 1.53. The van der Waals surface area contributed by atoms with Gasteiger partial charge in [-0.1, -0.05) is 11.3 Å². The van der Waals surface area contributed by atoms with E-state index in [4.69, 9.17) is 0 Å². The highest BCUT2D eigenvalue weighted by atomic mass is 32.1. The molecule has 2 rings (SSSR count). The lowest BCUT2D eigenvalue weighted by Gasteiger charge is -2.34. The van der Waals surface area contributed by atoms with Gasteiger partial charge in [-0.2, -0.15) is 0 Å². The summed E-state index contributed by atoms with van der Waals surface area (Å²) in [6.45, 7) is 4.52. The molecule has 1 fully saturated rings. The number of hydrogen-bond donors (Lipinski definition) is 1. The first-order chi connectivity index (χ1) is 9.04. The van der Waals surface area contributed by atoms with Crippen molar-refractivity contribution in [2.75, 3.05) is 13.2 Å². The SMILES string of the molecule is Cc1sc(=O)n(CC(=O)N2CCCCC2CO)c1C. The molecule has 1 amide bonds. The van der Waals surface area contributed by atoms with E-state index in [1.165, 1.54) is 15.9 Å². The molecule has 1 aliphatic heterocycles. The molecule has 0 aromatic carbocycles. The van der Waals surface area contributed by atoms with Gasteiger partial charge in [0, 0.05) is 17.1 Å². The van der Waals surface area contributed by atoms with E-state index in [1.807, 2.05) is 13.8 Å². The zero-order valence-corrected chi connectivity index (χ0v) is 12.2. The number of hydrogen-bond acceptors (Lipinski definition) is 4. The molecule has 0 saturated carbocycles. The van der Waals surface area contributed by atoms with E-state index in [1.54, 1.807) is 4.90 Å². The molecule has 1 aromatic heterocycles. The lowest BCUT2D eigenvalue weighted by molar-refractivity contribution is -0.136. The Hall–Kier alpha value is -1.14. The predicted octanol–water partition coefficient (Wildman–Crippen LogP) is 0.900. The quantitative estimate of drug-likeness (QED) is 0.897. The van der Waals surface area contributed by atoms with Crippen molar-refractivity contribution in [1.82, 2.24) is 9.47 Å². The van der Waals surface area contributed by atoms with Crippen LogP contribution in [-0.4, -0.2) is 39.7 Å². The summed E-state index contributed by atoms with van der Waals surface area (Å²) in [5.74, 6) is -0.0678. The van der Waals surface area contributed by atoms with Gasteiger partial charge in [0.2, 0.25) is 5.91 Å². The molecule has 5 nitrogen and oxygen atoms in total. The van der Waals surface area contributed by atoms with Crippen molar-refractivity contribution in [1.29, 1.82) is 0 Å². The minimum atomic E-state index is -0.0861. The normalized spacial score (nSPS) is 19.7. The molecule has 0 bridgehead atoms. The maximum Gasteiger partial charge on any atom is 0.308 e.